The molecule has 2 aromatic rings. The average molecular weight is 195 g/mol. The summed E-state index contributed by atoms with van der Waals surface area (Å²) in [5.74, 6) is 1.38. The van der Waals surface area contributed by atoms with Crippen LogP contribution in [0.25, 0.3) is 11.6 Å². The van der Waals surface area contributed by atoms with Crippen LogP contribution in [0.1, 0.15) is 6.92 Å². The van der Waals surface area contributed by atoms with Gasteiger partial charge in [0.25, 0.3) is 0 Å². The lowest BCUT2D eigenvalue weighted by molar-refractivity contribution is 0.766. The van der Waals surface area contributed by atoms with E-state index in [2.05, 4.69) is 14.3 Å². The van der Waals surface area contributed by atoms with Crippen LogP contribution in [0.4, 0.5) is 5.13 Å². The SMILES string of the molecule is CCn1ccnc1-c1nsc(N)n1. The molecule has 0 radical (unpaired) electrons. The molecule has 0 aromatic carbocycles. The van der Waals surface area contributed by atoms with Crippen molar-refractivity contribution in [1.82, 2.24) is 18.9 Å². The molecule has 0 aliphatic rings. The number of aryl methyl sites for hydroxylation is 1. The Morgan fingerprint density at radius 1 is 1.62 bits per heavy atom. The highest BCUT2D eigenvalue weighted by molar-refractivity contribution is 7.09. The minimum absolute atomic E-state index is 0.473. The third-order valence-corrected chi connectivity index (χ3v) is 2.24. The van der Waals surface area contributed by atoms with E-state index in [0.29, 0.717) is 11.0 Å². The van der Waals surface area contributed by atoms with E-state index < -0.39 is 0 Å². The molecule has 0 aliphatic carbocycles. The van der Waals surface area contributed by atoms with Crippen molar-refractivity contribution in [2.24, 2.45) is 0 Å². The number of nitrogens with two attached hydrogens (primary N) is 1. The summed E-state index contributed by atoms with van der Waals surface area (Å²) in [7, 11) is 0. The van der Waals surface area contributed by atoms with Crippen LogP contribution >= 0.6 is 11.5 Å². The van der Waals surface area contributed by atoms with Gasteiger partial charge in [-0.05, 0) is 6.92 Å². The van der Waals surface area contributed by atoms with Gasteiger partial charge in [-0.15, -0.1) is 0 Å². The molecule has 0 bridgehead atoms. The first-order valence-electron chi connectivity index (χ1n) is 3.92. The Morgan fingerprint density at radius 2 is 2.46 bits per heavy atom. The molecule has 2 aromatic heterocycles. The predicted molar refractivity (Wildman–Crippen MR) is 51.2 cm³/mol. The molecule has 0 unspecified atom stereocenters. The normalized spacial score (nSPS) is 10.5. The summed E-state index contributed by atoms with van der Waals surface area (Å²) in [5.41, 5.74) is 5.48. The van der Waals surface area contributed by atoms with Crippen molar-refractivity contribution in [2.75, 3.05) is 5.73 Å². The maximum absolute atomic E-state index is 5.48. The molecule has 2 heterocycles. The van der Waals surface area contributed by atoms with Crippen molar-refractivity contribution in [3.8, 4) is 11.6 Å². The lowest BCUT2D eigenvalue weighted by atomic mass is 10.5. The highest BCUT2D eigenvalue weighted by atomic mass is 32.1. The van der Waals surface area contributed by atoms with Gasteiger partial charge in [-0.1, -0.05) is 0 Å². The molecule has 2 N–H and O–H groups in total. The second-order valence-corrected chi connectivity index (χ2v) is 3.28. The van der Waals surface area contributed by atoms with E-state index in [1.165, 1.54) is 11.5 Å². The number of aromatic nitrogens is 4. The third kappa shape index (κ3) is 1.40. The van der Waals surface area contributed by atoms with E-state index in [-0.39, 0.29) is 0 Å². The number of nitrogens with zero attached hydrogens (tertiary/aromatic N) is 4. The zero-order valence-corrected chi connectivity index (χ0v) is 7.95. The second kappa shape index (κ2) is 3.14. The molecular formula is C7H9N5S. The highest BCUT2D eigenvalue weighted by Crippen LogP contribution is 2.16. The van der Waals surface area contributed by atoms with Crippen LogP contribution in [0, 0.1) is 0 Å². The van der Waals surface area contributed by atoms with Crippen LogP contribution < -0.4 is 5.73 Å². The van der Waals surface area contributed by atoms with Crippen LogP contribution in [-0.2, 0) is 6.54 Å². The predicted octanol–water partition coefficient (Wildman–Crippen LogP) is 1.00. The summed E-state index contributed by atoms with van der Waals surface area (Å²) in [6.45, 7) is 2.90. The molecule has 0 spiro atoms. The highest BCUT2D eigenvalue weighted by Gasteiger charge is 2.09. The topological polar surface area (TPSA) is 69.6 Å². The summed E-state index contributed by atoms with van der Waals surface area (Å²) in [5, 5.41) is 0.473. The average Bonchev–Trinajstić information content (AvgIpc) is 2.71. The molecule has 0 aliphatic heterocycles. The maximum Gasteiger partial charge on any atom is 0.210 e. The summed E-state index contributed by atoms with van der Waals surface area (Å²) in [6, 6.07) is 0. The lowest BCUT2D eigenvalue weighted by Crippen LogP contribution is -1.97. The van der Waals surface area contributed by atoms with Crippen LogP contribution in [0.2, 0.25) is 0 Å². The number of nitrogen functional groups attached to an aromatic ring is 1. The Labute approximate surface area is 79.4 Å². The van der Waals surface area contributed by atoms with Gasteiger partial charge < -0.3 is 10.3 Å². The first-order chi connectivity index (χ1) is 6.31. The number of imidazole rings is 1. The first kappa shape index (κ1) is 8.18. The Morgan fingerprint density at radius 3 is 3.08 bits per heavy atom. The van der Waals surface area contributed by atoms with E-state index in [9.17, 15) is 0 Å². The molecule has 6 heteroatoms. The van der Waals surface area contributed by atoms with Gasteiger partial charge in [0.1, 0.15) is 0 Å². The van der Waals surface area contributed by atoms with E-state index in [4.69, 9.17) is 5.73 Å². The fourth-order valence-electron chi connectivity index (χ4n) is 1.10. The van der Waals surface area contributed by atoms with Crippen molar-refractivity contribution >= 4 is 16.7 Å². The van der Waals surface area contributed by atoms with Crippen LogP contribution in [0.3, 0.4) is 0 Å². The fraction of sp³-hybridized carbons (Fsp3) is 0.286. The molecule has 0 saturated heterocycles. The molecule has 68 valence electrons. The van der Waals surface area contributed by atoms with Crippen LogP contribution in [0.5, 0.6) is 0 Å². The standard InChI is InChI=1S/C7H9N5S/c1-2-12-4-3-9-6(12)5-10-7(8)13-11-5/h3-4H,2H2,1H3,(H2,8,10,11). The van der Waals surface area contributed by atoms with Gasteiger partial charge in [0.15, 0.2) is 11.0 Å². The van der Waals surface area contributed by atoms with Crippen molar-refractivity contribution in [3.63, 3.8) is 0 Å². The molecule has 2 rings (SSSR count). The van der Waals surface area contributed by atoms with Crippen molar-refractivity contribution in [3.05, 3.63) is 12.4 Å². The fourth-order valence-corrected chi connectivity index (χ4v) is 1.53. The molecular weight excluding hydrogens is 186 g/mol. The Balaban J connectivity index is 2.45. The third-order valence-electron chi connectivity index (χ3n) is 1.70. The van der Waals surface area contributed by atoms with E-state index >= 15 is 0 Å². The molecule has 0 saturated carbocycles. The molecule has 0 fully saturated rings. The zero-order chi connectivity index (χ0) is 9.26. The largest absolute Gasteiger partial charge is 0.374 e. The number of hydrogen-bond acceptors (Lipinski definition) is 5. The molecule has 5 nitrogen and oxygen atoms in total. The minimum atomic E-state index is 0.473. The Hall–Kier alpha value is -1.43. The number of hydrogen-bond donors (Lipinski definition) is 1. The molecule has 0 atom stereocenters. The van der Waals surface area contributed by atoms with Gasteiger partial charge in [-0.2, -0.15) is 9.36 Å². The van der Waals surface area contributed by atoms with Crippen molar-refractivity contribution in [2.45, 2.75) is 13.5 Å². The van der Waals surface area contributed by atoms with Gasteiger partial charge in [-0.3, -0.25) is 0 Å². The first-order valence-corrected chi connectivity index (χ1v) is 4.69. The minimum Gasteiger partial charge on any atom is -0.374 e. The van der Waals surface area contributed by atoms with E-state index in [1.54, 1.807) is 6.20 Å². The Bertz CT molecular complexity index is 404. The van der Waals surface area contributed by atoms with Crippen molar-refractivity contribution in [1.29, 1.82) is 0 Å². The summed E-state index contributed by atoms with van der Waals surface area (Å²) in [4.78, 5) is 8.22. The van der Waals surface area contributed by atoms with E-state index in [0.717, 1.165) is 12.4 Å². The zero-order valence-electron chi connectivity index (χ0n) is 7.14. The Kier molecular flexibility index (Phi) is 1.97. The number of anilines is 1. The van der Waals surface area contributed by atoms with Gasteiger partial charge >= 0.3 is 0 Å². The monoisotopic (exact) mass is 195 g/mol. The lowest BCUT2D eigenvalue weighted by Gasteiger charge is -1.98. The van der Waals surface area contributed by atoms with Gasteiger partial charge in [0.2, 0.25) is 5.82 Å². The quantitative estimate of drug-likeness (QED) is 0.776. The molecule has 0 amide bonds. The van der Waals surface area contributed by atoms with Gasteiger partial charge in [-0.25, -0.2) is 4.98 Å². The van der Waals surface area contributed by atoms with Crippen LogP contribution in [-0.4, -0.2) is 18.9 Å². The second-order valence-electron chi connectivity index (χ2n) is 2.49. The van der Waals surface area contributed by atoms with Gasteiger partial charge in [0.05, 0.1) is 0 Å². The molecule has 13 heavy (non-hydrogen) atoms. The van der Waals surface area contributed by atoms with E-state index in [1.807, 2.05) is 17.7 Å². The smallest absolute Gasteiger partial charge is 0.210 e. The summed E-state index contributed by atoms with van der Waals surface area (Å²) in [6.07, 6.45) is 3.63. The van der Waals surface area contributed by atoms with Crippen molar-refractivity contribution < 1.29 is 0 Å². The summed E-state index contributed by atoms with van der Waals surface area (Å²) >= 11 is 1.19. The summed E-state index contributed by atoms with van der Waals surface area (Å²) < 4.78 is 6.06. The van der Waals surface area contributed by atoms with Gasteiger partial charge in [0, 0.05) is 30.5 Å². The van der Waals surface area contributed by atoms with Crippen LogP contribution in [0.15, 0.2) is 12.4 Å². The maximum atomic E-state index is 5.48. The number of rotatable bonds is 2.